The van der Waals surface area contributed by atoms with Crippen molar-refractivity contribution in [3.63, 3.8) is 0 Å². The van der Waals surface area contributed by atoms with Gasteiger partial charge in [0.2, 0.25) is 0 Å². The van der Waals surface area contributed by atoms with Gasteiger partial charge in [0.1, 0.15) is 11.9 Å². The molecule has 0 radical (unpaired) electrons. The van der Waals surface area contributed by atoms with Crippen molar-refractivity contribution in [2.24, 2.45) is 5.92 Å². The second-order valence-corrected chi connectivity index (χ2v) is 14.8. The van der Waals surface area contributed by atoms with Crippen LogP contribution >= 0.6 is 0 Å². The number of fused-ring (bicyclic) bond motifs is 13. The molecule has 3 aliphatic rings. The highest BCUT2D eigenvalue weighted by Gasteiger charge is 2.56. The van der Waals surface area contributed by atoms with Crippen molar-refractivity contribution >= 4 is 32.8 Å². The first kappa shape index (κ1) is 30.4. The van der Waals surface area contributed by atoms with E-state index in [4.69, 9.17) is 14.7 Å². The molecule has 0 saturated heterocycles. The van der Waals surface area contributed by atoms with Crippen LogP contribution < -0.4 is 4.74 Å². The van der Waals surface area contributed by atoms with Gasteiger partial charge in [-0.15, -0.1) is 0 Å². The van der Waals surface area contributed by atoms with Crippen molar-refractivity contribution in [3.05, 3.63) is 205 Å². The van der Waals surface area contributed by atoms with Crippen LogP contribution in [0.4, 0.5) is 0 Å². The van der Waals surface area contributed by atoms with Crippen LogP contribution in [0.15, 0.2) is 188 Å². The molecule has 0 saturated carbocycles. The zero-order valence-corrected chi connectivity index (χ0v) is 29.8. The van der Waals surface area contributed by atoms with Gasteiger partial charge in [0.15, 0.2) is 0 Å². The van der Waals surface area contributed by atoms with Gasteiger partial charge in [0, 0.05) is 39.1 Å². The molecule has 9 aromatic rings. The van der Waals surface area contributed by atoms with Crippen LogP contribution in [0.3, 0.4) is 0 Å². The number of rotatable bonds is 3. The molecule has 4 heteroatoms. The molecule has 2 aromatic heterocycles. The number of hydrogen-bond acceptors (Lipinski definition) is 3. The maximum absolute atomic E-state index is 6.75. The van der Waals surface area contributed by atoms with Crippen LogP contribution in [0, 0.1) is 5.92 Å². The number of para-hydroxylation sites is 4. The third-order valence-corrected chi connectivity index (χ3v) is 12.0. The third-order valence-electron chi connectivity index (χ3n) is 12.0. The van der Waals surface area contributed by atoms with Gasteiger partial charge < -0.3 is 9.30 Å². The molecule has 7 aromatic carbocycles. The molecule has 2 aliphatic carbocycles. The van der Waals surface area contributed by atoms with Crippen molar-refractivity contribution in [1.29, 1.82) is 0 Å². The van der Waals surface area contributed by atoms with Crippen LogP contribution in [-0.4, -0.2) is 20.6 Å². The molecular weight excluding hydrogens is 671 g/mol. The Morgan fingerprint density at radius 2 is 1.18 bits per heavy atom. The first-order valence-electron chi connectivity index (χ1n) is 19.0. The molecule has 55 heavy (non-hydrogen) atoms. The molecule has 3 atom stereocenters. The summed E-state index contributed by atoms with van der Waals surface area (Å²) >= 11 is 0. The predicted octanol–water partition coefficient (Wildman–Crippen LogP) is 11.9. The van der Waals surface area contributed by atoms with Crippen LogP contribution in [0.5, 0.6) is 5.75 Å². The summed E-state index contributed by atoms with van der Waals surface area (Å²) in [7, 11) is 0. The van der Waals surface area contributed by atoms with Gasteiger partial charge in [-0.2, -0.15) is 0 Å². The average molecular weight is 704 g/mol. The van der Waals surface area contributed by atoms with E-state index in [0.29, 0.717) is 0 Å². The lowest BCUT2D eigenvalue weighted by atomic mass is 9.60. The summed E-state index contributed by atoms with van der Waals surface area (Å²) in [6.45, 7) is 0. The Kier molecular flexibility index (Phi) is 6.35. The van der Waals surface area contributed by atoms with Gasteiger partial charge in [0.25, 0.3) is 0 Å². The van der Waals surface area contributed by atoms with Gasteiger partial charge in [-0.25, -0.2) is 9.97 Å². The summed E-state index contributed by atoms with van der Waals surface area (Å²) < 4.78 is 9.20. The molecule has 4 nitrogen and oxygen atoms in total. The SMILES string of the molecule is C1=CC2Oc3ccccc3C3(c4ccccc4-c4cc5c6ccccc6n(-c6cccc(-c7nc8ccccc8nc7-c7ccccc7)c6)c5cc43)C2C=C1. The highest BCUT2D eigenvalue weighted by molar-refractivity contribution is 6.12. The Morgan fingerprint density at radius 1 is 0.491 bits per heavy atom. The maximum Gasteiger partial charge on any atom is 0.125 e. The minimum atomic E-state index is -0.435. The van der Waals surface area contributed by atoms with Gasteiger partial charge in [-0.1, -0.05) is 133 Å². The number of allylic oxidation sites excluding steroid dienone is 2. The van der Waals surface area contributed by atoms with Crippen molar-refractivity contribution in [2.45, 2.75) is 11.5 Å². The van der Waals surface area contributed by atoms with E-state index < -0.39 is 5.41 Å². The van der Waals surface area contributed by atoms with Gasteiger partial charge in [-0.3, -0.25) is 0 Å². The molecule has 3 heterocycles. The van der Waals surface area contributed by atoms with Crippen LogP contribution in [-0.2, 0) is 5.41 Å². The smallest absolute Gasteiger partial charge is 0.125 e. The lowest BCUT2D eigenvalue weighted by Gasteiger charge is -2.47. The quantitative estimate of drug-likeness (QED) is 0.184. The largest absolute Gasteiger partial charge is 0.485 e. The molecule has 258 valence electrons. The first-order chi connectivity index (χ1) is 27.3. The van der Waals surface area contributed by atoms with E-state index in [-0.39, 0.29) is 12.0 Å². The zero-order chi connectivity index (χ0) is 36.1. The monoisotopic (exact) mass is 703 g/mol. The highest BCUT2D eigenvalue weighted by Crippen LogP contribution is 2.62. The summed E-state index contributed by atoms with van der Waals surface area (Å²) in [6.07, 6.45) is 8.83. The fourth-order valence-corrected chi connectivity index (χ4v) is 9.80. The minimum absolute atomic E-state index is 0.0799. The van der Waals surface area contributed by atoms with E-state index in [0.717, 1.165) is 45.0 Å². The van der Waals surface area contributed by atoms with Crippen molar-refractivity contribution in [3.8, 4) is 45.1 Å². The Labute approximate surface area is 318 Å². The molecule has 0 bridgehead atoms. The summed E-state index contributed by atoms with van der Waals surface area (Å²) in [5.74, 6) is 1.03. The van der Waals surface area contributed by atoms with Gasteiger partial charge >= 0.3 is 0 Å². The predicted molar refractivity (Wildman–Crippen MR) is 223 cm³/mol. The molecule has 0 N–H and O–H groups in total. The van der Waals surface area contributed by atoms with E-state index in [1.54, 1.807) is 0 Å². The minimum Gasteiger partial charge on any atom is -0.485 e. The average Bonchev–Trinajstić information content (AvgIpc) is 3.73. The van der Waals surface area contributed by atoms with Crippen molar-refractivity contribution in [2.75, 3.05) is 0 Å². The van der Waals surface area contributed by atoms with Gasteiger partial charge in [-0.05, 0) is 76.9 Å². The lowest BCUT2D eigenvalue weighted by molar-refractivity contribution is 0.141. The van der Waals surface area contributed by atoms with E-state index in [9.17, 15) is 0 Å². The van der Waals surface area contributed by atoms with E-state index in [2.05, 4.69) is 162 Å². The van der Waals surface area contributed by atoms with Gasteiger partial charge in [0.05, 0.1) is 38.9 Å². The standard InChI is InChI=1S/C51H33N3O/c1-2-15-32(16-3-1)49-50(53-44-25-10-9-24-43(44)52-49)33-17-14-18-34(29-33)54-45-26-11-5-20-36(45)38-30-37-35-19-4-6-21-39(35)51(42(37)31-46(38)54)40-22-7-12-27-47(40)55-48-28-13-8-23-41(48)51/h1-31,40,47H. The number of hydrogen-bond donors (Lipinski definition) is 0. The third kappa shape index (κ3) is 4.22. The number of ether oxygens (including phenoxy) is 1. The second kappa shape index (κ2) is 11.5. The topological polar surface area (TPSA) is 39.9 Å². The Morgan fingerprint density at radius 3 is 2.05 bits per heavy atom. The molecule has 0 amide bonds. The Balaban J connectivity index is 1.14. The number of aromatic nitrogens is 3. The van der Waals surface area contributed by atoms with E-state index in [1.807, 2.05) is 30.3 Å². The molecule has 1 aliphatic heterocycles. The number of benzene rings is 7. The molecule has 1 spiro atoms. The lowest BCUT2D eigenvalue weighted by Crippen LogP contribution is -2.47. The normalized spacial score (nSPS) is 19.0. The molecule has 3 unspecified atom stereocenters. The highest BCUT2D eigenvalue weighted by atomic mass is 16.5. The van der Waals surface area contributed by atoms with E-state index in [1.165, 1.54) is 49.6 Å². The molecule has 0 fully saturated rings. The molecule has 12 rings (SSSR count). The Bertz CT molecular complexity index is 3100. The number of nitrogens with zero attached hydrogens (tertiary/aromatic N) is 3. The molecular formula is C51H33N3O. The maximum atomic E-state index is 6.75. The first-order valence-corrected chi connectivity index (χ1v) is 19.0. The fraction of sp³-hybridized carbons (Fsp3) is 0.0588. The van der Waals surface area contributed by atoms with Crippen LogP contribution in [0.1, 0.15) is 16.7 Å². The van der Waals surface area contributed by atoms with Crippen LogP contribution in [0.25, 0.3) is 72.2 Å². The summed E-state index contributed by atoms with van der Waals surface area (Å²) in [4.78, 5) is 10.4. The summed E-state index contributed by atoms with van der Waals surface area (Å²) in [6, 6.07) is 58.8. The fourth-order valence-electron chi connectivity index (χ4n) is 9.80. The van der Waals surface area contributed by atoms with Crippen LogP contribution in [0.2, 0.25) is 0 Å². The van der Waals surface area contributed by atoms with Crippen molar-refractivity contribution < 1.29 is 4.74 Å². The summed E-state index contributed by atoms with van der Waals surface area (Å²) in [5.41, 5.74) is 15.0. The zero-order valence-electron chi connectivity index (χ0n) is 29.8. The Hall–Kier alpha value is -7.04. The van der Waals surface area contributed by atoms with Crippen molar-refractivity contribution in [1.82, 2.24) is 14.5 Å². The van der Waals surface area contributed by atoms with E-state index >= 15 is 0 Å². The second-order valence-electron chi connectivity index (χ2n) is 14.8. The summed E-state index contributed by atoms with van der Waals surface area (Å²) in [5, 5.41) is 2.46.